The number of ether oxygens (including phenoxy) is 1. The molecule has 0 saturated carbocycles. The van der Waals surface area contributed by atoms with Crippen molar-refractivity contribution >= 4 is 28.6 Å². The number of hydrogen-bond acceptors (Lipinski definition) is 5. The molecule has 142 valence electrons. The summed E-state index contributed by atoms with van der Waals surface area (Å²) in [4.78, 5) is 12.9. The smallest absolute Gasteiger partial charge is 0.200 e. The summed E-state index contributed by atoms with van der Waals surface area (Å²) in [6, 6.07) is 13.2. The Morgan fingerprint density at radius 1 is 1.11 bits per heavy atom. The Balaban J connectivity index is 1.90. The highest BCUT2D eigenvalue weighted by molar-refractivity contribution is 7.99. The van der Waals surface area contributed by atoms with Crippen molar-refractivity contribution in [2.45, 2.75) is 20.8 Å². The fraction of sp³-hybridized carbons (Fsp3) is 0.318. The minimum atomic E-state index is -0.0297. The van der Waals surface area contributed by atoms with Gasteiger partial charge in [0.05, 0.1) is 23.2 Å². The molecular formula is C22H25NO3S. The van der Waals surface area contributed by atoms with Crippen molar-refractivity contribution in [2.75, 3.05) is 24.2 Å². The molecule has 3 rings (SSSR count). The van der Waals surface area contributed by atoms with E-state index in [-0.39, 0.29) is 10.8 Å². The molecule has 1 heterocycles. The second-order valence-corrected chi connectivity index (χ2v) is 8.63. The van der Waals surface area contributed by atoms with Crippen LogP contribution in [0, 0.1) is 5.41 Å². The van der Waals surface area contributed by atoms with E-state index in [1.165, 1.54) is 0 Å². The van der Waals surface area contributed by atoms with E-state index in [0.29, 0.717) is 23.1 Å². The largest absolute Gasteiger partial charge is 0.493 e. The molecule has 0 radical (unpaired) electrons. The van der Waals surface area contributed by atoms with E-state index in [2.05, 4.69) is 20.8 Å². The molecule has 0 amide bonds. The lowest BCUT2D eigenvalue weighted by molar-refractivity contribution is 0.198. The fourth-order valence-electron chi connectivity index (χ4n) is 2.65. The Labute approximate surface area is 164 Å². The van der Waals surface area contributed by atoms with Gasteiger partial charge in [0.15, 0.2) is 5.43 Å². The van der Waals surface area contributed by atoms with Gasteiger partial charge in [0.1, 0.15) is 17.6 Å². The topological polar surface area (TPSA) is 42.7 Å². The number of anilines is 1. The first-order valence-corrected chi connectivity index (χ1v) is 10.0. The summed E-state index contributed by atoms with van der Waals surface area (Å²) in [5, 5.41) is 0.582. The van der Waals surface area contributed by atoms with E-state index in [1.807, 2.05) is 60.1 Å². The van der Waals surface area contributed by atoms with Crippen LogP contribution in [0.1, 0.15) is 20.8 Å². The van der Waals surface area contributed by atoms with Crippen molar-refractivity contribution in [3.05, 3.63) is 59.0 Å². The maximum absolute atomic E-state index is 12.9. The highest BCUT2D eigenvalue weighted by Crippen LogP contribution is 2.27. The fourth-order valence-corrected chi connectivity index (χ4v) is 2.97. The average Bonchev–Trinajstić information content (AvgIpc) is 2.65. The SMILES string of the molecule is CSN(C)c1ccc2c(=O)c(-c3ccc(OCC(C)(C)C)cc3)coc2c1. The number of hydrogen-bond donors (Lipinski definition) is 0. The number of fused-ring (bicyclic) bond motifs is 1. The van der Waals surface area contributed by atoms with E-state index in [1.54, 1.807) is 18.2 Å². The van der Waals surface area contributed by atoms with Gasteiger partial charge in [0, 0.05) is 19.4 Å². The summed E-state index contributed by atoms with van der Waals surface area (Å²) in [5.74, 6) is 0.795. The molecule has 0 bridgehead atoms. The average molecular weight is 384 g/mol. The summed E-state index contributed by atoms with van der Waals surface area (Å²) in [5.41, 5.74) is 3.02. The molecule has 0 N–H and O–H groups in total. The van der Waals surface area contributed by atoms with Gasteiger partial charge >= 0.3 is 0 Å². The van der Waals surface area contributed by atoms with Crippen molar-refractivity contribution in [1.82, 2.24) is 0 Å². The van der Waals surface area contributed by atoms with Crippen LogP contribution in [0.4, 0.5) is 5.69 Å². The lowest BCUT2D eigenvalue weighted by Crippen LogP contribution is -2.16. The zero-order valence-electron chi connectivity index (χ0n) is 16.4. The Morgan fingerprint density at radius 2 is 1.81 bits per heavy atom. The van der Waals surface area contributed by atoms with Gasteiger partial charge in [-0.1, -0.05) is 44.9 Å². The summed E-state index contributed by atoms with van der Waals surface area (Å²) < 4.78 is 13.6. The van der Waals surface area contributed by atoms with Crippen LogP contribution in [0.25, 0.3) is 22.1 Å². The molecule has 4 nitrogen and oxygen atoms in total. The van der Waals surface area contributed by atoms with Crippen molar-refractivity contribution < 1.29 is 9.15 Å². The van der Waals surface area contributed by atoms with E-state index in [9.17, 15) is 4.79 Å². The van der Waals surface area contributed by atoms with Crippen molar-refractivity contribution in [3.63, 3.8) is 0 Å². The van der Waals surface area contributed by atoms with E-state index in [0.717, 1.165) is 17.0 Å². The summed E-state index contributed by atoms with van der Waals surface area (Å²) in [6.45, 7) is 7.02. The third-order valence-electron chi connectivity index (χ3n) is 4.23. The monoisotopic (exact) mass is 383 g/mol. The van der Waals surface area contributed by atoms with Crippen LogP contribution < -0.4 is 14.5 Å². The molecule has 0 atom stereocenters. The van der Waals surface area contributed by atoms with Crippen molar-refractivity contribution in [2.24, 2.45) is 5.41 Å². The molecule has 0 unspecified atom stereocenters. The lowest BCUT2D eigenvalue weighted by atomic mass is 9.99. The maximum atomic E-state index is 12.9. The minimum absolute atomic E-state index is 0.0297. The molecule has 1 aromatic heterocycles. The van der Waals surface area contributed by atoms with Crippen LogP contribution in [0.5, 0.6) is 5.75 Å². The van der Waals surface area contributed by atoms with E-state index >= 15 is 0 Å². The van der Waals surface area contributed by atoms with Crippen molar-refractivity contribution in [1.29, 1.82) is 0 Å². The molecule has 0 aliphatic heterocycles. The van der Waals surface area contributed by atoms with Gasteiger partial charge in [-0.25, -0.2) is 0 Å². The van der Waals surface area contributed by atoms with Crippen LogP contribution in [-0.2, 0) is 0 Å². The van der Waals surface area contributed by atoms with Crippen LogP contribution in [0.2, 0.25) is 0 Å². The predicted molar refractivity (Wildman–Crippen MR) is 115 cm³/mol. The molecule has 5 heteroatoms. The summed E-state index contributed by atoms with van der Waals surface area (Å²) >= 11 is 1.60. The molecule has 0 aliphatic rings. The second kappa shape index (κ2) is 7.69. The van der Waals surface area contributed by atoms with Gasteiger partial charge in [0.2, 0.25) is 0 Å². The van der Waals surface area contributed by atoms with Crippen molar-refractivity contribution in [3.8, 4) is 16.9 Å². The Bertz CT molecular complexity index is 987. The van der Waals surface area contributed by atoms with Crippen LogP contribution in [0.15, 0.2) is 57.9 Å². The quantitative estimate of drug-likeness (QED) is 0.537. The third-order valence-corrected chi connectivity index (χ3v) is 4.99. The number of nitrogens with zero attached hydrogens (tertiary/aromatic N) is 1. The maximum Gasteiger partial charge on any atom is 0.200 e. The zero-order valence-corrected chi connectivity index (χ0v) is 17.2. The highest BCUT2D eigenvalue weighted by Gasteiger charge is 2.13. The standard InChI is InChI=1S/C22H25NO3S/c1-22(2,3)14-26-17-9-6-15(7-10-17)19-13-25-20-12-16(23(4)27-5)8-11-18(20)21(19)24/h6-13H,14H2,1-5H3. The lowest BCUT2D eigenvalue weighted by Gasteiger charge is -2.18. The first-order chi connectivity index (χ1) is 12.8. The van der Waals surface area contributed by atoms with Gasteiger partial charge < -0.3 is 13.5 Å². The molecule has 3 aromatic rings. The van der Waals surface area contributed by atoms with Gasteiger partial charge in [-0.3, -0.25) is 4.79 Å². The normalized spacial score (nSPS) is 11.6. The summed E-state index contributed by atoms with van der Waals surface area (Å²) in [6.07, 6.45) is 3.54. The van der Waals surface area contributed by atoms with Crippen LogP contribution in [-0.4, -0.2) is 19.9 Å². The first-order valence-electron chi connectivity index (χ1n) is 8.85. The Morgan fingerprint density at radius 3 is 2.44 bits per heavy atom. The molecule has 0 spiro atoms. The third kappa shape index (κ3) is 4.48. The first kappa shape index (κ1) is 19.4. The molecular weight excluding hydrogens is 358 g/mol. The summed E-state index contributed by atoms with van der Waals surface area (Å²) in [7, 11) is 1.97. The van der Waals surface area contributed by atoms with E-state index < -0.39 is 0 Å². The van der Waals surface area contributed by atoms with Crippen LogP contribution in [0.3, 0.4) is 0 Å². The molecule has 0 aliphatic carbocycles. The second-order valence-electron chi connectivity index (χ2n) is 7.71. The van der Waals surface area contributed by atoms with Gasteiger partial charge in [0.25, 0.3) is 0 Å². The molecule has 0 saturated heterocycles. The molecule has 0 fully saturated rings. The highest BCUT2D eigenvalue weighted by atomic mass is 32.2. The Hall–Kier alpha value is -2.40. The van der Waals surface area contributed by atoms with E-state index in [4.69, 9.17) is 9.15 Å². The van der Waals surface area contributed by atoms with Crippen LogP contribution >= 0.6 is 11.9 Å². The van der Waals surface area contributed by atoms with Gasteiger partial charge in [-0.15, -0.1) is 0 Å². The minimum Gasteiger partial charge on any atom is -0.493 e. The number of benzene rings is 2. The number of rotatable bonds is 5. The van der Waals surface area contributed by atoms with Gasteiger partial charge in [-0.2, -0.15) is 0 Å². The molecule has 27 heavy (non-hydrogen) atoms. The molecule has 2 aromatic carbocycles. The van der Waals surface area contributed by atoms with Gasteiger partial charge in [-0.05, 0) is 35.2 Å². The predicted octanol–water partition coefficient (Wildman–Crippen LogP) is 5.60. The zero-order chi connectivity index (χ0) is 19.6. The Kier molecular flexibility index (Phi) is 5.51.